The molecule has 0 aliphatic carbocycles. The number of aryl methyl sites for hydroxylation is 1. The molecule has 0 spiro atoms. The summed E-state index contributed by atoms with van der Waals surface area (Å²) in [5, 5.41) is 7.98. The van der Waals surface area contributed by atoms with E-state index in [0.717, 1.165) is 29.5 Å². The minimum atomic E-state index is 0. The number of methoxy groups -OCH3 is 1. The van der Waals surface area contributed by atoms with Gasteiger partial charge in [0.25, 0.3) is 0 Å². The van der Waals surface area contributed by atoms with E-state index in [1.807, 2.05) is 37.0 Å². The molecule has 1 aromatic heterocycles. The van der Waals surface area contributed by atoms with Crippen molar-refractivity contribution >= 4 is 29.9 Å². The first-order valence-corrected chi connectivity index (χ1v) is 8.51. The van der Waals surface area contributed by atoms with E-state index in [1.54, 1.807) is 14.2 Å². The number of rotatable bonds is 6. The van der Waals surface area contributed by atoms with Crippen LogP contribution in [0.2, 0.25) is 0 Å². The van der Waals surface area contributed by atoms with E-state index >= 15 is 0 Å². The normalized spacial score (nSPS) is 11.3. The molecule has 2 rings (SSSR count). The molecule has 7 heteroatoms. The van der Waals surface area contributed by atoms with Crippen molar-refractivity contribution in [1.29, 1.82) is 0 Å². The molecular weight excluding hydrogens is 441 g/mol. The summed E-state index contributed by atoms with van der Waals surface area (Å²) < 4.78 is 7.15. The van der Waals surface area contributed by atoms with Crippen molar-refractivity contribution in [2.45, 2.75) is 32.9 Å². The van der Waals surface area contributed by atoms with Crippen molar-refractivity contribution in [2.24, 2.45) is 12.0 Å². The highest BCUT2D eigenvalue weighted by atomic mass is 127. The number of nitrogens with one attached hydrogen (secondary N) is 1. The minimum absolute atomic E-state index is 0. The molecule has 0 bridgehead atoms. The third-order valence-electron chi connectivity index (χ3n) is 4.05. The average molecular weight is 471 g/mol. The van der Waals surface area contributed by atoms with Gasteiger partial charge in [0, 0.05) is 46.0 Å². The molecule has 6 nitrogen and oxygen atoms in total. The molecule has 0 radical (unpaired) electrons. The van der Waals surface area contributed by atoms with Gasteiger partial charge < -0.3 is 15.0 Å². The Morgan fingerprint density at radius 3 is 2.73 bits per heavy atom. The molecule has 0 unspecified atom stereocenters. The lowest BCUT2D eigenvalue weighted by atomic mass is 10.1. The van der Waals surface area contributed by atoms with Gasteiger partial charge in [-0.05, 0) is 23.6 Å². The fraction of sp³-hybridized carbons (Fsp3) is 0.474. The average Bonchev–Trinajstić information content (AvgIpc) is 2.96. The lowest BCUT2D eigenvalue weighted by Crippen LogP contribution is -2.38. The van der Waals surface area contributed by atoms with Gasteiger partial charge in [-0.2, -0.15) is 5.10 Å². The van der Waals surface area contributed by atoms with E-state index in [0.29, 0.717) is 12.5 Å². The van der Waals surface area contributed by atoms with E-state index in [9.17, 15) is 0 Å². The lowest BCUT2D eigenvalue weighted by molar-refractivity contribution is 0.414. The Balaban J connectivity index is 0.00000338. The number of aliphatic imine (C=N–C) groups is 1. The maximum Gasteiger partial charge on any atom is 0.193 e. The first-order chi connectivity index (χ1) is 11.9. The number of nitrogens with zero attached hydrogens (tertiary/aromatic N) is 4. The molecule has 0 aliphatic heterocycles. The Labute approximate surface area is 173 Å². The molecule has 0 fully saturated rings. The fourth-order valence-electron chi connectivity index (χ4n) is 2.84. The van der Waals surface area contributed by atoms with Crippen molar-refractivity contribution in [3.63, 3.8) is 0 Å². The largest absolute Gasteiger partial charge is 0.497 e. The first-order valence-electron chi connectivity index (χ1n) is 8.51. The number of halogens is 1. The van der Waals surface area contributed by atoms with Crippen LogP contribution in [0.5, 0.6) is 5.75 Å². The Morgan fingerprint density at radius 2 is 2.12 bits per heavy atom. The zero-order valence-electron chi connectivity index (χ0n) is 16.5. The van der Waals surface area contributed by atoms with Crippen molar-refractivity contribution in [3.8, 4) is 5.75 Å². The quantitative estimate of drug-likeness (QED) is 0.399. The van der Waals surface area contributed by atoms with E-state index < -0.39 is 0 Å². The van der Waals surface area contributed by atoms with Crippen molar-refractivity contribution in [1.82, 2.24) is 20.0 Å². The Hall–Kier alpha value is -1.77. The molecule has 1 aromatic carbocycles. The standard InChI is InChI=1S/C19H29N5O.HI/c1-14(2)18-16(13-24(5)22-18)12-23(4)19(20-3)21-11-15-8-7-9-17(10-15)25-6;/h7-10,13-14H,11-12H2,1-6H3,(H,20,21);1H. The highest BCUT2D eigenvalue weighted by molar-refractivity contribution is 14.0. The third kappa shape index (κ3) is 5.89. The second-order valence-corrected chi connectivity index (χ2v) is 6.48. The first kappa shape index (κ1) is 22.3. The van der Waals surface area contributed by atoms with Crippen LogP contribution in [0.4, 0.5) is 0 Å². The molecule has 1 heterocycles. The zero-order valence-corrected chi connectivity index (χ0v) is 18.8. The summed E-state index contributed by atoms with van der Waals surface area (Å²) in [7, 11) is 7.49. The summed E-state index contributed by atoms with van der Waals surface area (Å²) in [6.45, 7) is 5.79. The maximum atomic E-state index is 5.27. The van der Waals surface area contributed by atoms with Crippen LogP contribution < -0.4 is 10.1 Å². The third-order valence-corrected chi connectivity index (χ3v) is 4.05. The van der Waals surface area contributed by atoms with Crippen molar-refractivity contribution in [2.75, 3.05) is 21.2 Å². The summed E-state index contributed by atoms with van der Waals surface area (Å²) in [4.78, 5) is 6.51. The van der Waals surface area contributed by atoms with Gasteiger partial charge in [-0.15, -0.1) is 24.0 Å². The molecule has 0 amide bonds. The van der Waals surface area contributed by atoms with Gasteiger partial charge in [-0.3, -0.25) is 9.67 Å². The molecule has 0 saturated heterocycles. The second kappa shape index (κ2) is 10.4. The van der Waals surface area contributed by atoms with E-state index in [-0.39, 0.29) is 24.0 Å². The monoisotopic (exact) mass is 471 g/mol. The summed E-state index contributed by atoms with van der Waals surface area (Å²) in [6.07, 6.45) is 2.08. The van der Waals surface area contributed by atoms with Crippen LogP contribution >= 0.6 is 24.0 Å². The van der Waals surface area contributed by atoms with Gasteiger partial charge in [0.15, 0.2) is 5.96 Å². The van der Waals surface area contributed by atoms with Crippen LogP contribution in [-0.2, 0) is 20.1 Å². The van der Waals surface area contributed by atoms with Crippen LogP contribution in [0.15, 0.2) is 35.5 Å². The number of guanidine groups is 1. The van der Waals surface area contributed by atoms with Crippen LogP contribution in [0, 0.1) is 0 Å². The van der Waals surface area contributed by atoms with Crippen molar-refractivity contribution < 1.29 is 4.74 Å². The lowest BCUT2D eigenvalue weighted by Gasteiger charge is -2.22. The molecule has 26 heavy (non-hydrogen) atoms. The van der Waals surface area contributed by atoms with Gasteiger partial charge in [-0.1, -0.05) is 26.0 Å². The second-order valence-electron chi connectivity index (χ2n) is 6.48. The van der Waals surface area contributed by atoms with Gasteiger partial charge in [-0.25, -0.2) is 0 Å². The predicted molar refractivity (Wildman–Crippen MR) is 117 cm³/mol. The van der Waals surface area contributed by atoms with Crippen LogP contribution in [-0.4, -0.2) is 41.8 Å². The zero-order chi connectivity index (χ0) is 18.4. The molecule has 0 saturated carbocycles. The van der Waals surface area contributed by atoms with Gasteiger partial charge in [0.1, 0.15) is 5.75 Å². The number of ether oxygens (including phenoxy) is 1. The molecule has 1 N–H and O–H groups in total. The summed E-state index contributed by atoms with van der Waals surface area (Å²) in [6, 6.07) is 8.03. The molecule has 144 valence electrons. The summed E-state index contributed by atoms with van der Waals surface area (Å²) in [5.74, 6) is 2.11. The van der Waals surface area contributed by atoms with Gasteiger partial charge >= 0.3 is 0 Å². The van der Waals surface area contributed by atoms with E-state index in [2.05, 4.69) is 46.4 Å². The topological polar surface area (TPSA) is 54.7 Å². The summed E-state index contributed by atoms with van der Waals surface area (Å²) >= 11 is 0. The van der Waals surface area contributed by atoms with Gasteiger partial charge in [0.2, 0.25) is 0 Å². The van der Waals surface area contributed by atoms with Crippen molar-refractivity contribution in [3.05, 3.63) is 47.3 Å². The predicted octanol–water partition coefficient (Wildman–Crippen LogP) is 3.38. The number of hydrogen-bond donors (Lipinski definition) is 1. The molecule has 0 atom stereocenters. The Morgan fingerprint density at radius 1 is 1.38 bits per heavy atom. The van der Waals surface area contributed by atoms with Crippen LogP contribution in [0.1, 0.15) is 36.6 Å². The Kier molecular flexibility index (Phi) is 8.91. The van der Waals surface area contributed by atoms with Gasteiger partial charge in [0.05, 0.1) is 12.8 Å². The Bertz CT molecular complexity index is 726. The number of benzene rings is 1. The fourth-order valence-corrected chi connectivity index (χ4v) is 2.84. The number of aromatic nitrogens is 2. The highest BCUT2D eigenvalue weighted by Gasteiger charge is 2.15. The molecule has 0 aliphatic rings. The molecule has 2 aromatic rings. The van der Waals surface area contributed by atoms with E-state index in [4.69, 9.17) is 4.74 Å². The smallest absolute Gasteiger partial charge is 0.193 e. The SMILES string of the molecule is CN=C(NCc1cccc(OC)c1)N(C)Cc1cn(C)nc1C(C)C.I. The summed E-state index contributed by atoms with van der Waals surface area (Å²) in [5.41, 5.74) is 3.51. The van der Waals surface area contributed by atoms with Crippen LogP contribution in [0.25, 0.3) is 0 Å². The highest BCUT2D eigenvalue weighted by Crippen LogP contribution is 2.18. The maximum absolute atomic E-state index is 5.27. The minimum Gasteiger partial charge on any atom is -0.497 e. The van der Waals surface area contributed by atoms with Crippen LogP contribution in [0.3, 0.4) is 0 Å². The molecular formula is C19H30IN5O. The van der Waals surface area contributed by atoms with E-state index in [1.165, 1.54) is 5.56 Å². The number of hydrogen-bond acceptors (Lipinski definition) is 3.